The predicted molar refractivity (Wildman–Crippen MR) is 112 cm³/mol. The Morgan fingerprint density at radius 3 is 2.33 bits per heavy atom. The van der Waals surface area contributed by atoms with Crippen LogP contribution in [-0.2, 0) is 27.3 Å². The van der Waals surface area contributed by atoms with Crippen LogP contribution in [0, 0.1) is 5.82 Å². The van der Waals surface area contributed by atoms with Gasteiger partial charge in [0.15, 0.2) is 0 Å². The summed E-state index contributed by atoms with van der Waals surface area (Å²) < 4.78 is 12.9. The van der Waals surface area contributed by atoms with Gasteiger partial charge in [-0.05, 0) is 48.7 Å². The second-order valence-electron chi connectivity index (χ2n) is 7.30. The topological polar surface area (TPSA) is 69.7 Å². The molecule has 1 saturated heterocycles. The number of nitrogens with zero attached hydrogens (tertiary/aromatic N) is 2. The number of hydrogen-bond donors (Lipinski definition) is 1. The molecule has 1 heterocycles. The smallest absolute Gasteiger partial charge is 0.239 e. The Balaban J connectivity index is 1.50. The number of hydrogen-bond acceptors (Lipinski definition) is 3. The zero-order valence-corrected chi connectivity index (χ0v) is 17.1. The summed E-state index contributed by atoms with van der Waals surface area (Å²) in [6.45, 7) is 3.22. The van der Waals surface area contributed by atoms with Crippen LogP contribution in [0.25, 0.3) is 0 Å². The zero-order chi connectivity index (χ0) is 21.5. The lowest BCUT2D eigenvalue weighted by Gasteiger charge is -2.21. The molecule has 2 aromatic carbocycles. The Hall–Kier alpha value is -3.22. The van der Waals surface area contributed by atoms with Crippen molar-refractivity contribution in [2.45, 2.75) is 32.7 Å². The molecule has 1 aliphatic heterocycles. The van der Waals surface area contributed by atoms with Crippen LogP contribution in [0.5, 0.6) is 0 Å². The molecule has 0 aromatic heterocycles. The van der Waals surface area contributed by atoms with Crippen molar-refractivity contribution >= 4 is 23.4 Å². The number of amides is 3. The van der Waals surface area contributed by atoms with Crippen LogP contribution in [0.2, 0.25) is 0 Å². The highest BCUT2D eigenvalue weighted by Crippen LogP contribution is 2.21. The van der Waals surface area contributed by atoms with E-state index in [1.54, 1.807) is 17.0 Å². The third kappa shape index (κ3) is 5.65. The Morgan fingerprint density at radius 2 is 1.73 bits per heavy atom. The molecule has 3 amide bonds. The van der Waals surface area contributed by atoms with Crippen LogP contribution in [0.1, 0.15) is 30.9 Å². The van der Waals surface area contributed by atoms with Crippen molar-refractivity contribution in [2.24, 2.45) is 0 Å². The van der Waals surface area contributed by atoms with E-state index in [2.05, 4.69) is 5.32 Å². The van der Waals surface area contributed by atoms with Gasteiger partial charge in [0.1, 0.15) is 5.82 Å². The van der Waals surface area contributed by atoms with Crippen LogP contribution < -0.4 is 10.2 Å². The SMILES string of the molecule is CCN(CC(=O)NCc1ccc(F)cc1)C(=O)Cc1ccc(N2CCCC2=O)cc1. The maximum Gasteiger partial charge on any atom is 0.239 e. The number of halogens is 1. The van der Waals surface area contributed by atoms with E-state index in [4.69, 9.17) is 0 Å². The molecule has 6 nitrogen and oxygen atoms in total. The maximum absolute atomic E-state index is 12.9. The highest BCUT2D eigenvalue weighted by atomic mass is 19.1. The first-order valence-corrected chi connectivity index (χ1v) is 10.1. The number of anilines is 1. The fourth-order valence-corrected chi connectivity index (χ4v) is 3.41. The summed E-state index contributed by atoms with van der Waals surface area (Å²) in [7, 11) is 0. The Morgan fingerprint density at radius 1 is 1.07 bits per heavy atom. The minimum Gasteiger partial charge on any atom is -0.350 e. The summed E-state index contributed by atoms with van der Waals surface area (Å²) in [4.78, 5) is 39.9. The van der Waals surface area contributed by atoms with Crippen LogP contribution >= 0.6 is 0 Å². The van der Waals surface area contributed by atoms with E-state index < -0.39 is 0 Å². The van der Waals surface area contributed by atoms with Gasteiger partial charge in [0.05, 0.1) is 13.0 Å². The Bertz CT molecular complexity index is 897. The van der Waals surface area contributed by atoms with Gasteiger partial charge < -0.3 is 15.1 Å². The summed E-state index contributed by atoms with van der Waals surface area (Å²) in [6, 6.07) is 13.3. The van der Waals surface area contributed by atoms with Gasteiger partial charge in [-0.15, -0.1) is 0 Å². The van der Waals surface area contributed by atoms with E-state index in [0.717, 1.165) is 29.8 Å². The molecule has 0 atom stereocenters. The first-order valence-electron chi connectivity index (χ1n) is 10.1. The molecule has 30 heavy (non-hydrogen) atoms. The molecule has 0 spiro atoms. The van der Waals surface area contributed by atoms with Crippen molar-refractivity contribution in [3.63, 3.8) is 0 Å². The van der Waals surface area contributed by atoms with E-state index in [1.807, 2.05) is 31.2 Å². The van der Waals surface area contributed by atoms with Gasteiger partial charge in [0.2, 0.25) is 17.7 Å². The minimum atomic E-state index is -0.326. The molecule has 7 heteroatoms. The van der Waals surface area contributed by atoms with Gasteiger partial charge in [0, 0.05) is 31.7 Å². The van der Waals surface area contributed by atoms with Gasteiger partial charge >= 0.3 is 0 Å². The Labute approximate surface area is 175 Å². The van der Waals surface area contributed by atoms with Crippen molar-refractivity contribution in [2.75, 3.05) is 24.5 Å². The first-order chi connectivity index (χ1) is 14.5. The molecule has 1 fully saturated rings. The highest BCUT2D eigenvalue weighted by Gasteiger charge is 2.22. The van der Waals surface area contributed by atoms with Crippen molar-refractivity contribution in [3.8, 4) is 0 Å². The standard InChI is InChI=1S/C23H26FN3O3/c1-2-26(16-21(28)25-15-18-5-9-19(24)10-6-18)23(30)14-17-7-11-20(12-8-17)27-13-3-4-22(27)29/h5-12H,2-4,13-16H2,1H3,(H,25,28). The number of benzene rings is 2. The van der Waals surface area contributed by atoms with Crippen LogP contribution in [0.4, 0.5) is 10.1 Å². The molecule has 0 aliphatic carbocycles. The normalized spacial score (nSPS) is 13.4. The molecule has 2 aromatic rings. The first kappa shape index (κ1) is 21.5. The third-order valence-corrected chi connectivity index (χ3v) is 5.15. The lowest BCUT2D eigenvalue weighted by Crippen LogP contribution is -2.41. The second-order valence-corrected chi connectivity index (χ2v) is 7.30. The van der Waals surface area contributed by atoms with Crippen molar-refractivity contribution in [1.29, 1.82) is 0 Å². The molecular weight excluding hydrogens is 385 g/mol. The summed E-state index contributed by atoms with van der Waals surface area (Å²) in [5, 5.41) is 2.75. The molecule has 0 saturated carbocycles. The van der Waals surface area contributed by atoms with E-state index in [0.29, 0.717) is 13.0 Å². The number of carbonyl (C=O) groups excluding carboxylic acids is 3. The van der Waals surface area contributed by atoms with Gasteiger partial charge in [-0.1, -0.05) is 24.3 Å². The predicted octanol–water partition coefficient (Wildman–Crippen LogP) is 2.66. The van der Waals surface area contributed by atoms with Crippen LogP contribution in [-0.4, -0.2) is 42.3 Å². The average molecular weight is 411 g/mol. The van der Waals surface area contributed by atoms with E-state index in [1.165, 1.54) is 17.0 Å². The minimum absolute atomic E-state index is 0.0309. The summed E-state index contributed by atoms with van der Waals surface area (Å²) in [6.07, 6.45) is 1.63. The monoisotopic (exact) mass is 411 g/mol. The van der Waals surface area contributed by atoms with E-state index in [-0.39, 0.29) is 43.0 Å². The summed E-state index contributed by atoms with van der Waals surface area (Å²) in [5.41, 5.74) is 2.47. The molecule has 1 N–H and O–H groups in total. The zero-order valence-electron chi connectivity index (χ0n) is 17.1. The highest BCUT2D eigenvalue weighted by molar-refractivity contribution is 5.95. The van der Waals surface area contributed by atoms with E-state index >= 15 is 0 Å². The van der Waals surface area contributed by atoms with Gasteiger partial charge in [-0.2, -0.15) is 0 Å². The Kier molecular flexibility index (Phi) is 7.17. The fraction of sp³-hybridized carbons (Fsp3) is 0.348. The molecule has 1 aliphatic rings. The van der Waals surface area contributed by atoms with Crippen molar-refractivity contribution in [3.05, 3.63) is 65.5 Å². The number of carbonyl (C=O) groups is 3. The second kappa shape index (κ2) is 10.0. The maximum atomic E-state index is 12.9. The van der Waals surface area contributed by atoms with Crippen molar-refractivity contribution in [1.82, 2.24) is 10.2 Å². The molecule has 0 radical (unpaired) electrons. The van der Waals surface area contributed by atoms with E-state index in [9.17, 15) is 18.8 Å². The average Bonchev–Trinajstić information content (AvgIpc) is 3.18. The lowest BCUT2D eigenvalue weighted by atomic mass is 10.1. The summed E-state index contributed by atoms with van der Waals surface area (Å²) in [5.74, 6) is -0.604. The molecule has 0 unspecified atom stereocenters. The van der Waals surface area contributed by atoms with Crippen LogP contribution in [0.15, 0.2) is 48.5 Å². The van der Waals surface area contributed by atoms with Crippen molar-refractivity contribution < 1.29 is 18.8 Å². The molecular formula is C23H26FN3O3. The molecule has 158 valence electrons. The number of likely N-dealkylation sites (N-methyl/N-ethyl adjacent to an activating group) is 1. The van der Waals surface area contributed by atoms with Gasteiger partial charge in [-0.25, -0.2) is 4.39 Å². The largest absolute Gasteiger partial charge is 0.350 e. The molecule has 0 bridgehead atoms. The molecule has 3 rings (SSSR count). The number of rotatable bonds is 8. The number of nitrogens with one attached hydrogen (secondary N) is 1. The quantitative estimate of drug-likeness (QED) is 0.726. The third-order valence-electron chi connectivity index (χ3n) is 5.15. The summed E-state index contributed by atoms with van der Waals surface area (Å²) >= 11 is 0. The van der Waals surface area contributed by atoms with Gasteiger partial charge in [-0.3, -0.25) is 14.4 Å². The van der Waals surface area contributed by atoms with Crippen LogP contribution in [0.3, 0.4) is 0 Å². The van der Waals surface area contributed by atoms with Gasteiger partial charge in [0.25, 0.3) is 0 Å². The fourth-order valence-electron chi connectivity index (χ4n) is 3.41. The lowest BCUT2D eigenvalue weighted by molar-refractivity contribution is -0.135.